The molecule has 1 atom stereocenters. The van der Waals surface area contributed by atoms with Gasteiger partial charge in [0.1, 0.15) is 17.3 Å². The molecule has 1 aromatic carbocycles. The van der Waals surface area contributed by atoms with Crippen LogP contribution in [-0.4, -0.2) is 70.8 Å². The molecule has 10 nitrogen and oxygen atoms in total. The van der Waals surface area contributed by atoms with Gasteiger partial charge in [0.2, 0.25) is 5.91 Å². The second-order valence-corrected chi connectivity index (χ2v) is 13.4. The first-order valence-electron chi connectivity index (χ1n) is 14.3. The number of rotatable bonds is 6. The average Bonchev–Trinajstić information content (AvgIpc) is 2.96. The minimum atomic E-state index is -4.26. The minimum Gasteiger partial charge on any atom is -0.507 e. The highest BCUT2D eigenvalue weighted by atomic mass is 32.2. The Labute approximate surface area is 259 Å². The number of sulfone groups is 1. The summed E-state index contributed by atoms with van der Waals surface area (Å²) >= 11 is 0. The summed E-state index contributed by atoms with van der Waals surface area (Å²) in [6.45, 7) is 11.1. The first-order valence-corrected chi connectivity index (χ1v) is 16.2. The highest BCUT2D eigenvalue weighted by molar-refractivity contribution is 7.90. The quantitative estimate of drug-likeness (QED) is 0.307. The smallest absolute Gasteiger partial charge is 0.277 e. The fourth-order valence-electron chi connectivity index (χ4n) is 5.91. The fourth-order valence-corrected chi connectivity index (χ4v) is 6.91. The third-order valence-corrected chi connectivity index (χ3v) is 9.07. The number of phenols is 1. The zero-order chi connectivity index (χ0) is 33.0. The van der Waals surface area contributed by atoms with Crippen molar-refractivity contribution in [1.29, 1.82) is 0 Å². The number of hydrogen-bond donors (Lipinski definition) is 1. The number of piperazine rings is 1. The van der Waals surface area contributed by atoms with E-state index in [0.717, 1.165) is 23.0 Å². The van der Waals surface area contributed by atoms with Crippen LogP contribution < -0.4 is 10.5 Å². The van der Waals surface area contributed by atoms with Crippen molar-refractivity contribution in [1.82, 2.24) is 19.4 Å². The van der Waals surface area contributed by atoms with Crippen LogP contribution in [0.3, 0.4) is 0 Å². The fraction of sp³-hybridized carbons (Fsp3) is 0.312. The van der Waals surface area contributed by atoms with Crippen LogP contribution in [0.15, 0.2) is 58.9 Å². The zero-order valence-electron chi connectivity index (χ0n) is 25.5. The zero-order valence-corrected chi connectivity index (χ0v) is 26.3. The molecule has 4 heterocycles. The normalized spacial score (nSPS) is 15.6. The van der Waals surface area contributed by atoms with E-state index in [1.54, 1.807) is 35.9 Å². The number of nitrogens with zero attached hydrogens (tertiary/aromatic N) is 5. The molecule has 0 unspecified atom stereocenters. The molecule has 4 aromatic rings. The molecule has 0 radical (unpaired) electrons. The van der Waals surface area contributed by atoms with E-state index < -0.39 is 55.0 Å². The number of aromatic hydroxyl groups is 1. The maximum Gasteiger partial charge on any atom is 0.277 e. The molecule has 5 rings (SSSR count). The number of aromatic nitrogens is 3. The standard InChI is InChI=1S/C32H33F2N5O5S/c1-7-24(41)38-14-13-37(16-19(38)5)29-20-15-22(34)27(25-21(33)9-8-10-23(25)40)36-31(20)39(32(42)30(29)45(6,43)44)28-18(4)11-12-35-26(28)17(2)3/h7-12,15,17,19,40H,1,13-14,16H2,2-6H3/t19-/m1/s1. The predicted octanol–water partition coefficient (Wildman–Crippen LogP) is 4.49. The molecular weight excluding hydrogens is 604 g/mol. The molecule has 1 amide bonds. The average molecular weight is 638 g/mol. The Hall–Kier alpha value is -4.65. The minimum absolute atomic E-state index is 0.0271. The molecule has 1 saturated heterocycles. The summed E-state index contributed by atoms with van der Waals surface area (Å²) in [4.78, 5) is 38.6. The van der Waals surface area contributed by atoms with Gasteiger partial charge in [-0.05, 0) is 55.7 Å². The predicted molar refractivity (Wildman–Crippen MR) is 168 cm³/mol. The van der Waals surface area contributed by atoms with Crippen molar-refractivity contribution >= 4 is 32.5 Å². The number of carbonyl (C=O) groups excluding carboxylic acids is 1. The van der Waals surface area contributed by atoms with Gasteiger partial charge in [-0.25, -0.2) is 22.2 Å². The number of halogens is 2. The third-order valence-electron chi connectivity index (χ3n) is 7.96. The third kappa shape index (κ3) is 5.45. The first-order chi connectivity index (χ1) is 21.2. The molecule has 13 heteroatoms. The maximum absolute atomic E-state index is 16.1. The Balaban J connectivity index is 1.97. The van der Waals surface area contributed by atoms with E-state index >= 15 is 8.78 Å². The molecule has 1 N–H and O–H groups in total. The molecule has 1 aliphatic heterocycles. The van der Waals surface area contributed by atoms with Crippen molar-refractivity contribution in [3.8, 4) is 22.7 Å². The van der Waals surface area contributed by atoms with E-state index in [1.807, 2.05) is 13.8 Å². The Bertz CT molecular complexity index is 2020. The van der Waals surface area contributed by atoms with E-state index in [0.29, 0.717) is 11.3 Å². The molecule has 1 aliphatic rings. The van der Waals surface area contributed by atoms with Crippen LogP contribution >= 0.6 is 0 Å². The highest BCUT2D eigenvalue weighted by Gasteiger charge is 2.35. The van der Waals surface area contributed by atoms with Gasteiger partial charge in [-0.1, -0.05) is 26.5 Å². The Morgan fingerprint density at radius 3 is 2.47 bits per heavy atom. The molecule has 236 valence electrons. The number of carbonyl (C=O) groups is 1. The number of anilines is 1. The van der Waals surface area contributed by atoms with E-state index in [4.69, 9.17) is 0 Å². The SMILES string of the molecule is C=CC(=O)N1CCN(c2c(S(C)(=O)=O)c(=O)n(-c3c(C)ccnc3C(C)C)c3nc(-c4c(O)cccc4F)c(F)cc23)C[C@H]1C. The molecule has 3 aromatic heterocycles. The largest absolute Gasteiger partial charge is 0.507 e. The van der Waals surface area contributed by atoms with Crippen molar-refractivity contribution in [2.75, 3.05) is 30.8 Å². The van der Waals surface area contributed by atoms with Crippen LogP contribution in [0, 0.1) is 18.6 Å². The van der Waals surface area contributed by atoms with E-state index in [2.05, 4.69) is 16.5 Å². The van der Waals surface area contributed by atoms with Crippen molar-refractivity contribution in [3.05, 3.63) is 82.4 Å². The number of phenolic OH excluding ortho intramolecular Hbond substituents is 1. The second-order valence-electron chi connectivity index (χ2n) is 11.5. The summed E-state index contributed by atoms with van der Waals surface area (Å²) in [6.07, 6.45) is 3.65. The molecule has 45 heavy (non-hydrogen) atoms. The first kappa shape index (κ1) is 31.8. The van der Waals surface area contributed by atoms with Gasteiger partial charge < -0.3 is 14.9 Å². The van der Waals surface area contributed by atoms with E-state index in [1.165, 1.54) is 18.2 Å². The van der Waals surface area contributed by atoms with Crippen molar-refractivity contribution in [2.24, 2.45) is 0 Å². The van der Waals surface area contributed by atoms with E-state index in [-0.39, 0.29) is 53.9 Å². The maximum atomic E-state index is 16.1. The van der Waals surface area contributed by atoms with Crippen LogP contribution in [-0.2, 0) is 14.6 Å². The van der Waals surface area contributed by atoms with Gasteiger partial charge in [0.05, 0.1) is 22.6 Å². The lowest BCUT2D eigenvalue weighted by molar-refractivity contribution is -0.128. The number of aryl methyl sites for hydroxylation is 1. The van der Waals surface area contributed by atoms with Gasteiger partial charge in [-0.3, -0.25) is 19.1 Å². The van der Waals surface area contributed by atoms with Crippen LogP contribution in [0.1, 0.15) is 37.9 Å². The monoisotopic (exact) mass is 637 g/mol. The molecular formula is C32H33F2N5O5S. The topological polar surface area (TPSA) is 126 Å². The summed E-state index contributed by atoms with van der Waals surface area (Å²) in [5, 5.41) is 10.5. The lowest BCUT2D eigenvalue weighted by atomic mass is 10.0. The summed E-state index contributed by atoms with van der Waals surface area (Å²) in [5.41, 5.74) is -0.970. The number of hydrogen-bond acceptors (Lipinski definition) is 8. The van der Waals surface area contributed by atoms with Gasteiger partial charge in [0.25, 0.3) is 5.56 Å². The number of amides is 1. The van der Waals surface area contributed by atoms with Crippen molar-refractivity contribution in [3.63, 3.8) is 0 Å². The van der Waals surface area contributed by atoms with Crippen LogP contribution in [0.4, 0.5) is 14.5 Å². The lowest BCUT2D eigenvalue weighted by Gasteiger charge is -2.41. The van der Waals surface area contributed by atoms with Crippen LogP contribution in [0.5, 0.6) is 5.75 Å². The molecule has 0 bridgehead atoms. The molecule has 1 fully saturated rings. The molecule has 0 aliphatic carbocycles. The summed E-state index contributed by atoms with van der Waals surface area (Å²) in [7, 11) is -4.26. The number of benzene rings is 1. The number of fused-ring (bicyclic) bond motifs is 1. The van der Waals surface area contributed by atoms with Gasteiger partial charge in [-0.15, -0.1) is 0 Å². The summed E-state index contributed by atoms with van der Waals surface area (Å²) in [6, 6.07) is 5.72. The molecule has 0 saturated carbocycles. The van der Waals surface area contributed by atoms with E-state index in [9.17, 15) is 23.1 Å². The van der Waals surface area contributed by atoms with Crippen molar-refractivity contribution in [2.45, 2.75) is 44.6 Å². The van der Waals surface area contributed by atoms with Gasteiger partial charge in [0.15, 0.2) is 26.2 Å². The van der Waals surface area contributed by atoms with Gasteiger partial charge >= 0.3 is 0 Å². The summed E-state index contributed by atoms with van der Waals surface area (Å²) in [5.74, 6) is -3.09. The Morgan fingerprint density at radius 2 is 1.87 bits per heavy atom. The highest BCUT2D eigenvalue weighted by Crippen LogP contribution is 2.39. The summed E-state index contributed by atoms with van der Waals surface area (Å²) < 4.78 is 59.2. The Morgan fingerprint density at radius 1 is 1.16 bits per heavy atom. The number of pyridine rings is 3. The van der Waals surface area contributed by atoms with Crippen LogP contribution in [0.2, 0.25) is 0 Å². The lowest BCUT2D eigenvalue weighted by Crippen LogP contribution is -2.54. The van der Waals surface area contributed by atoms with Gasteiger partial charge in [0, 0.05) is 43.5 Å². The molecule has 0 spiro atoms. The van der Waals surface area contributed by atoms with Crippen LogP contribution in [0.25, 0.3) is 28.0 Å². The van der Waals surface area contributed by atoms with Gasteiger partial charge in [-0.2, -0.15) is 0 Å². The van der Waals surface area contributed by atoms with Crippen molar-refractivity contribution < 1.29 is 27.1 Å². The Kier molecular flexibility index (Phi) is 8.25. The second kappa shape index (κ2) is 11.7.